The fourth-order valence-electron chi connectivity index (χ4n) is 3.99. The van der Waals surface area contributed by atoms with Gasteiger partial charge in [0.15, 0.2) is 5.78 Å². The van der Waals surface area contributed by atoms with E-state index in [0.717, 1.165) is 23.1 Å². The van der Waals surface area contributed by atoms with Crippen LogP contribution in [-0.2, 0) is 4.79 Å². The van der Waals surface area contributed by atoms with E-state index in [1.807, 2.05) is 25.1 Å². The predicted molar refractivity (Wildman–Crippen MR) is 87.2 cm³/mol. The van der Waals surface area contributed by atoms with Crippen LogP contribution in [0.4, 0.5) is 0 Å². The Kier molecular flexibility index (Phi) is 4.30. The Hall–Kier alpha value is -1.65. The zero-order valence-corrected chi connectivity index (χ0v) is 13.7. The number of ether oxygens (including phenoxy) is 1. The molecule has 3 rings (SSSR count). The van der Waals surface area contributed by atoms with Gasteiger partial charge in [0, 0.05) is 18.3 Å². The number of ketones is 1. The summed E-state index contributed by atoms with van der Waals surface area (Å²) in [5.74, 6) is 0.809. The van der Waals surface area contributed by atoms with Crippen LogP contribution in [0.15, 0.2) is 35.4 Å². The molecule has 1 aromatic carbocycles. The third-order valence-electron chi connectivity index (χ3n) is 5.54. The van der Waals surface area contributed by atoms with E-state index < -0.39 is 6.10 Å². The van der Waals surface area contributed by atoms with Crippen molar-refractivity contribution < 1.29 is 19.7 Å². The molecule has 2 aliphatic carbocycles. The number of rotatable bonds is 4. The molecule has 4 heteroatoms. The van der Waals surface area contributed by atoms with Gasteiger partial charge in [-0.15, -0.1) is 0 Å². The maximum atomic E-state index is 12.4. The lowest BCUT2D eigenvalue weighted by Gasteiger charge is -2.35. The summed E-state index contributed by atoms with van der Waals surface area (Å²) in [5, 5.41) is 20.9. The summed E-state index contributed by atoms with van der Waals surface area (Å²) < 4.78 is 5.19. The van der Waals surface area contributed by atoms with Gasteiger partial charge >= 0.3 is 0 Å². The average molecular weight is 316 g/mol. The first-order chi connectivity index (χ1) is 11.0. The van der Waals surface area contributed by atoms with E-state index in [4.69, 9.17) is 4.74 Å². The molecule has 0 bridgehead atoms. The number of Topliss-reactive ketones (excluding diaryl/α,β-unsaturated/α-hetero) is 1. The van der Waals surface area contributed by atoms with Gasteiger partial charge in [-0.1, -0.05) is 24.6 Å². The molecule has 0 amide bonds. The van der Waals surface area contributed by atoms with E-state index >= 15 is 0 Å². The zero-order chi connectivity index (χ0) is 16.6. The van der Waals surface area contributed by atoms with Crippen LogP contribution in [0, 0.1) is 5.41 Å². The molecular weight excluding hydrogens is 292 g/mol. The van der Waals surface area contributed by atoms with Crippen molar-refractivity contribution in [2.75, 3.05) is 7.11 Å². The lowest BCUT2D eigenvalue weighted by Crippen LogP contribution is -2.33. The molecule has 0 heterocycles. The van der Waals surface area contributed by atoms with Crippen molar-refractivity contribution in [3.63, 3.8) is 0 Å². The van der Waals surface area contributed by atoms with Crippen LogP contribution in [0.2, 0.25) is 0 Å². The summed E-state index contributed by atoms with van der Waals surface area (Å²) in [7, 11) is 1.59. The maximum Gasteiger partial charge on any atom is 0.158 e. The number of methoxy groups -OCH3 is 1. The molecule has 0 saturated heterocycles. The molecule has 3 atom stereocenters. The highest BCUT2D eigenvalue weighted by Gasteiger charge is 2.46. The minimum absolute atomic E-state index is 0.119. The molecule has 124 valence electrons. The number of fused-ring (bicyclic) bond motifs is 1. The number of aliphatic hydroxyl groups is 2. The Bertz CT molecular complexity index is 649. The first kappa shape index (κ1) is 16.2. The monoisotopic (exact) mass is 316 g/mol. The van der Waals surface area contributed by atoms with Gasteiger partial charge in [-0.25, -0.2) is 0 Å². The van der Waals surface area contributed by atoms with Crippen LogP contribution in [0.1, 0.15) is 50.7 Å². The topological polar surface area (TPSA) is 66.8 Å². The number of carbonyl (C=O) groups is 1. The first-order valence-electron chi connectivity index (χ1n) is 8.21. The molecule has 0 aromatic heterocycles. The van der Waals surface area contributed by atoms with Gasteiger partial charge in [-0.05, 0) is 42.5 Å². The maximum absolute atomic E-state index is 12.4. The minimum Gasteiger partial charge on any atom is -0.497 e. The number of aliphatic hydroxyl groups excluding tert-OH is 2. The summed E-state index contributed by atoms with van der Waals surface area (Å²) in [5.41, 5.74) is 2.24. The molecular formula is C19H24O4. The van der Waals surface area contributed by atoms with Crippen LogP contribution in [-0.4, -0.2) is 29.2 Å². The van der Waals surface area contributed by atoms with Crippen LogP contribution >= 0.6 is 0 Å². The Labute approximate surface area is 136 Å². The fourth-order valence-corrected chi connectivity index (χ4v) is 3.99. The Balaban J connectivity index is 1.89. The molecule has 2 N–H and O–H groups in total. The van der Waals surface area contributed by atoms with Crippen molar-refractivity contribution >= 4 is 5.78 Å². The fraction of sp³-hybridized carbons (Fsp3) is 0.526. The van der Waals surface area contributed by atoms with Crippen molar-refractivity contribution in [1.29, 1.82) is 0 Å². The van der Waals surface area contributed by atoms with Crippen molar-refractivity contribution in [2.24, 2.45) is 5.41 Å². The minimum atomic E-state index is -0.739. The largest absolute Gasteiger partial charge is 0.497 e. The number of hydrogen-bond donors (Lipinski definition) is 2. The van der Waals surface area contributed by atoms with Gasteiger partial charge in [0.2, 0.25) is 0 Å². The van der Waals surface area contributed by atoms with Crippen LogP contribution in [0.5, 0.6) is 5.75 Å². The van der Waals surface area contributed by atoms with Crippen LogP contribution in [0.25, 0.3) is 0 Å². The molecule has 3 unspecified atom stereocenters. The Morgan fingerprint density at radius 2 is 2.17 bits per heavy atom. The van der Waals surface area contributed by atoms with E-state index in [2.05, 4.69) is 0 Å². The second kappa shape index (κ2) is 6.10. The number of benzene rings is 1. The first-order valence-corrected chi connectivity index (χ1v) is 8.21. The summed E-state index contributed by atoms with van der Waals surface area (Å²) in [6.07, 6.45) is 1.81. The molecule has 0 aliphatic heterocycles. The van der Waals surface area contributed by atoms with Gasteiger partial charge in [-0.2, -0.15) is 0 Å². The van der Waals surface area contributed by atoms with Crippen molar-refractivity contribution in [3.8, 4) is 5.75 Å². The highest BCUT2D eigenvalue weighted by Crippen LogP contribution is 2.51. The van der Waals surface area contributed by atoms with Crippen molar-refractivity contribution in [3.05, 3.63) is 41.0 Å². The summed E-state index contributed by atoms with van der Waals surface area (Å²) >= 11 is 0. The van der Waals surface area contributed by atoms with E-state index in [1.54, 1.807) is 13.2 Å². The number of carbonyl (C=O) groups excluding carboxylic acids is 1. The third-order valence-corrected chi connectivity index (χ3v) is 5.54. The van der Waals surface area contributed by atoms with Crippen LogP contribution in [0.3, 0.4) is 0 Å². The van der Waals surface area contributed by atoms with Gasteiger partial charge in [-0.3, -0.25) is 4.79 Å². The number of hydrogen-bond acceptors (Lipinski definition) is 4. The van der Waals surface area contributed by atoms with E-state index in [9.17, 15) is 15.0 Å². The molecule has 0 radical (unpaired) electrons. The molecule has 2 aliphatic rings. The Morgan fingerprint density at radius 3 is 2.91 bits per heavy atom. The quantitative estimate of drug-likeness (QED) is 0.896. The van der Waals surface area contributed by atoms with Crippen LogP contribution < -0.4 is 4.74 Å². The van der Waals surface area contributed by atoms with Gasteiger partial charge in [0.1, 0.15) is 5.75 Å². The second-order valence-electron chi connectivity index (χ2n) is 6.85. The average Bonchev–Trinajstić information content (AvgIpc) is 2.86. The van der Waals surface area contributed by atoms with E-state index in [-0.39, 0.29) is 17.3 Å². The zero-order valence-electron chi connectivity index (χ0n) is 13.7. The predicted octanol–water partition coefficient (Wildman–Crippen LogP) is 2.94. The summed E-state index contributed by atoms with van der Waals surface area (Å²) in [6.45, 7) is 2.05. The highest BCUT2D eigenvalue weighted by atomic mass is 16.5. The summed E-state index contributed by atoms with van der Waals surface area (Å²) in [4.78, 5) is 12.4. The molecule has 1 aromatic rings. The van der Waals surface area contributed by atoms with Crippen molar-refractivity contribution in [2.45, 2.75) is 51.2 Å². The Morgan fingerprint density at radius 1 is 1.39 bits per heavy atom. The van der Waals surface area contributed by atoms with E-state index in [1.165, 1.54) is 0 Å². The normalized spacial score (nSPS) is 28.7. The van der Waals surface area contributed by atoms with Crippen molar-refractivity contribution in [1.82, 2.24) is 0 Å². The molecule has 1 saturated carbocycles. The SMILES string of the molecule is COc1cccc(C(O)CC2=C3CCC(O)C3(C)CCC2=O)c1. The lowest BCUT2D eigenvalue weighted by molar-refractivity contribution is -0.117. The molecule has 1 fully saturated rings. The van der Waals surface area contributed by atoms with Gasteiger partial charge in [0.05, 0.1) is 19.3 Å². The smallest absolute Gasteiger partial charge is 0.158 e. The lowest BCUT2D eigenvalue weighted by atomic mass is 9.70. The van der Waals surface area contributed by atoms with Gasteiger partial charge in [0.25, 0.3) is 0 Å². The molecule has 23 heavy (non-hydrogen) atoms. The third kappa shape index (κ3) is 2.81. The van der Waals surface area contributed by atoms with Gasteiger partial charge < -0.3 is 14.9 Å². The second-order valence-corrected chi connectivity index (χ2v) is 6.85. The summed E-state index contributed by atoms with van der Waals surface area (Å²) in [6, 6.07) is 7.30. The standard InChI is InChI=1S/C19H24O4/c1-19-9-8-16(20)14(15(19)6-7-18(19)22)11-17(21)12-4-3-5-13(10-12)23-2/h3-5,10,17-18,21-22H,6-9,11H2,1-2H3. The molecule has 4 nitrogen and oxygen atoms in total. The van der Waals surface area contributed by atoms with E-state index in [0.29, 0.717) is 31.4 Å². The highest BCUT2D eigenvalue weighted by molar-refractivity contribution is 5.97. The molecule has 0 spiro atoms.